The molecule has 0 aromatic carbocycles. The van der Waals surface area contributed by atoms with Crippen LogP contribution in [0.4, 0.5) is 0 Å². The van der Waals surface area contributed by atoms with Crippen molar-refractivity contribution >= 4 is 17.9 Å². The van der Waals surface area contributed by atoms with Gasteiger partial charge in [0, 0.05) is 19.3 Å². The second-order valence-electron chi connectivity index (χ2n) is 17.0. The Morgan fingerprint density at radius 2 is 0.623 bits per heavy atom. The van der Waals surface area contributed by atoms with Gasteiger partial charge in [0.25, 0.3) is 0 Å². The number of ether oxygens (including phenoxy) is 3. The summed E-state index contributed by atoms with van der Waals surface area (Å²) in [6, 6.07) is 0. The molecule has 0 saturated heterocycles. The number of esters is 3. The first-order valence-electron chi connectivity index (χ1n) is 23.2. The number of carbonyl (C=O) groups excluding carboxylic acids is 3. The lowest BCUT2D eigenvalue weighted by molar-refractivity contribution is -0.167. The number of hydrogen-bond acceptors (Lipinski definition) is 6. The van der Waals surface area contributed by atoms with Crippen molar-refractivity contribution in [2.75, 3.05) is 13.2 Å². The van der Waals surface area contributed by atoms with E-state index >= 15 is 0 Å². The third-order valence-electron chi connectivity index (χ3n) is 10.5. The van der Waals surface area contributed by atoms with Crippen LogP contribution in [0.3, 0.4) is 0 Å². The maximum Gasteiger partial charge on any atom is 0.306 e. The van der Waals surface area contributed by atoms with Crippen LogP contribution in [0.2, 0.25) is 0 Å². The Labute approximate surface area is 329 Å². The molecule has 0 N–H and O–H groups in total. The quantitative estimate of drug-likeness (QED) is 0.0352. The fraction of sp³-hybridized carbons (Fsp3) is 0.936. The van der Waals surface area contributed by atoms with E-state index in [1.165, 1.54) is 141 Å². The van der Waals surface area contributed by atoms with Gasteiger partial charge in [-0.1, -0.05) is 214 Å². The molecule has 53 heavy (non-hydrogen) atoms. The smallest absolute Gasteiger partial charge is 0.306 e. The topological polar surface area (TPSA) is 78.9 Å². The first kappa shape index (κ1) is 51.4. The number of carbonyl (C=O) groups is 3. The highest BCUT2D eigenvalue weighted by molar-refractivity contribution is 5.71. The monoisotopic (exact) mass is 751 g/mol. The highest BCUT2D eigenvalue weighted by Crippen LogP contribution is 2.16. The summed E-state index contributed by atoms with van der Waals surface area (Å²) in [5.74, 6) is 0.698. The van der Waals surface area contributed by atoms with Crippen LogP contribution >= 0.6 is 0 Å². The molecular weight excluding hydrogens is 661 g/mol. The third-order valence-corrected chi connectivity index (χ3v) is 10.5. The van der Waals surface area contributed by atoms with E-state index in [1.807, 2.05) is 0 Å². The van der Waals surface area contributed by atoms with E-state index in [2.05, 4.69) is 34.6 Å². The van der Waals surface area contributed by atoms with E-state index in [0.717, 1.165) is 69.6 Å². The van der Waals surface area contributed by atoms with Gasteiger partial charge < -0.3 is 14.2 Å². The maximum absolute atomic E-state index is 12.7. The van der Waals surface area contributed by atoms with Crippen molar-refractivity contribution in [3.05, 3.63) is 0 Å². The molecule has 0 aliphatic rings. The molecule has 0 radical (unpaired) electrons. The van der Waals surface area contributed by atoms with Crippen molar-refractivity contribution in [2.45, 2.75) is 259 Å². The van der Waals surface area contributed by atoms with E-state index in [4.69, 9.17) is 14.2 Å². The van der Waals surface area contributed by atoms with Crippen LogP contribution in [0, 0.1) is 11.8 Å². The first-order valence-corrected chi connectivity index (χ1v) is 23.2. The average Bonchev–Trinajstić information content (AvgIpc) is 3.12. The van der Waals surface area contributed by atoms with Gasteiger partial charge in [0.05, 0.1) is 0 Å². The normalized spacial score (nSPS) is 12.1. The van der Waals surface area contributed by atoms with Crippen molar-refractivity contribution in [3.63, 3.8) is 0 Å². The Morgan fingerprint density at radius 3 is 0.925 bits per heavy atom. The summed E-state index contributed by atoms with van der Waals surface area (Å²) in [4.78, 5) is 37.7. The van der Waals surface area contributed by atoms with E-state index in [1.54, 1.807) is 0 Å². The molecule has 0 spiro atoms. The summed E-state index contributed by atoms with van der Waals surface area (Å²) in [6.45, 7) is 11.2. The molecule has 0 aromatic rings. The highest BCUT2D eigenvalue weighted by Gasteiger charge is 2.19. The van der Waals surface area contributed by atoms with Crippen LogP contribution in [0.25, 0.3) is 0 Å². The van der Waals surface area contributed by atoms with Gasteiger partial charge in [-0.05, 0) is 31.1 Å². The minimum absolute atomic E-state index is 0.0660. The summed E-state index contributed by atoms with van der Waals surface area (Å²) < 4.78 is 16.7. The summed E-state index contributed by atoms with van der Waals surface area (Å²) in [6.07, 6.45) is 38.2. The molecular formula is C47H90O6. The fourth-order valence-electron chi connectivity index (χ4n) is 6.93. The molecule has 0 heterocycles. The standard InChI is InChI=1S/C47H90O6/c1-6-7-8-9-10-11-12-13-14-15-16-17-22-29-34-39-47(50)53-44(41-52-46(49)38-33-28-24-23-26-31-36-43(4)5)40-51-45(48)37-32-27-21-19-18-20-25-30-35-42(2)3/h42-44H,6-41H2,1-5H3/t44-/m0/s1. The fourth-order valence-corrected chi connectivity index (χ4v) is 6.93. The zero-order valence-corrected chi connectivity index (χ0v) is 36.1. The Hall–Kier alpha value is -1.59. The van der Waals surface area contributed by atoms with E-state index in [0.29, 0.717) is 19.3 Å². The molecule has 6 nitrogen and oxygen atoms in total. The van der Waals surface area contributed by atoms with E-state index < -0.39 is 6.10 Å². The molecule has 0 amide bonds. The van der Waals surface area contributed by atoms with Crippen LogP contribution in [-0.2, 0) is 28.6 Å². The third kappa shape index (κ3) is 41.4. The Balaban J connectivity index is 4.31. The Morgan fingerprint density at radius 1 is 0.358 bits per heavy atom. The van der Waals surface area contributed by atoms with Gasteiger partial charge in [0.2, 0.25) is 0 Å². The summed E-state index contributed by atoms with van der Waals surface area (Å²) in [7, 11) is 0. The second-order valence-corrected chi connectivity index (χ2v) is 17.0. The van der Waals surface area contributed by atoms with Crippen LogP contribution in [0.5, 0.6) is 0 Å². The first-order chi connectivity index (χ1) is 25.7. The van der Waals surface area contributed by atoms with Gasteiger partial charge in [-0.15, -0.1) is 0 Å². The summed E-state index contributed by atoms with van der Waals surface area (Å²) >= 11 is 0. The van der Waals surface area contributed by atoms with Crippen molar-refractivity contribution in [1.29, 1.82) is 0 Å². The van der Waals surface area contributed by atoms with Crippen molar-refractivity contribution in [3.8, 4) is 0 Å². The molecule has 0 unspecified atom stereocenters. The molecule has 0 saturated carbocycles. The minimum Gasteiger partial charge on any atom is -0.462 e. The lowest BCUT2D eigenvalue weighted by Crippen LogP contribution is -2.30. The van der Waals surface area contributed by atoms with Gasteiger partial charge in [0.15, 0.2) is 6.10 Å². The molecule has 0 aromatic heterocycles. The van der Waals surface area contributed by atoms with Gasteiger partial charge in [-0.2, -0.15) is 0 Å². The largest absolute Gasteiger partial charge is 0.462 e. The SMILES string of the molecule is CCCCCCCCCCCCCCCCCC(=O)O[C@@H](COC(=O)CCCCCCCCCCC(C)C)COC(=O)CCCCCCCCC(C)C. The minimum atomic E-state index is -0.761. The van der Waals surface area contributed by atoms with Gasteiger partial charge >= 0.3 is 17.9 Å². The van der Waals surface area contributed by atoms with Crippen LogP contribution in [0.15, 0.2) is 0 Å². The number of rotatable bonds is 41. The maximum atomic E-state index is 12.7. The second kappa shape index (κ2) is 40.1. The van der Waals surface area contributed by atoms with Crippen LogP contribution in [0.1, 0.15) is 253 Å². The number of hydrogen-bond donors (Lipinski definition) is 0. The lowest BCUT2D eigenvalue weighted by atomic mass is 10.0. The van der Waals surface area contributed by atoms with Crippen molar-refractivity contribution in [2.24, 2.45) is 11.8 Å². The Bertz CT molecular complexity index is 809. The van der Waals surface area contributed by atoms with Crippen LogP contribution < -0.4 is 0 Å². The molecule has 0 aliphatic heterocycles. The van der Waals surface area contributed by atoms with Crippen LogP contribution in [-0.4, -0.2) is 37.2 Å². The van der Waals surface area contributed by atoms with Gasteiger partial charge in [0.1, 0.15) is 13.2 Å². The molecule has 0 bridgehead atoms. The summed E-state index contributed by atoms with van der Waals surface area (Å²) in [5, 5.41) is 0. The van der Waals surface area contributed by atoms with Crippen molar-refractivity contribution in [1.82, 2.24) is 0 Å². The predicted molar refractivity (Wildman–Crippen MR) is 224 cm³/mol. The molecule has 0 aliphatic carbocycles. The zero-order chi connectivity index (χ0) is 39.0. The summed E-state index contributed by atoms with van der Waals surface area (Å²) in [5.41, 5.74) is 0. The number of unbranched alkanes of at least 4 members (excludes halogenated alkanes) is 26. The van der Waals surface area contributed by atoms with Crippen molar-refractivity contribution < 1.29 is 28.6 Å². The molecule has 0 rings (SSSR count). The molecule has 6 heteroatoms. The lowest BCUT2D eigenvalue weighted by Gasteiger charge is -2.18. The molecule has 0 fully saturated rings. The highest BCUT2D eigenvalue weighted by atomic mass is 16.6. The van der Waals surface area contributed by atoms with E-state index in [-0.39, 0.29) is 31.1 Å². The predicted octanol–water partition coefficient (Wildman–Crippen LogP) is 14.6. The zero-order valence-electron chi connectivity index (χ0n) is 36.1. The Kier molecular flexibility index (Phi) is 38.9. The van der Waals surface area contributed by atoms with E-state index in [9.17, 15) is 14.4 Å². The average molecular weight is 751 g/mol. The molecule has 314 valence electrons. The van der Waals surface area contributed by atoms with Gasteiger partial charge in [-0.25, -0.2) is 0 Å². The van der Waals surface area contributed by atoms with Gasteiger partial charge in [-0.3, -0.25) is 14.4 Å². The molecule has 1 atom stereocenters.